The number of thioether (sulfide) groups is 1. The molecule has 1 aliphatic heterocycles. The van der Waals surface area contributed by atoms with E-state index in [1.54, 1.807) is 7.11 Å². The summed E-state index contributed by atoms with van der Waals surface area (Å²) in [5, 5.41) is 0. The number of ether oxygens (including phenoxy) is 2. The molecule has 0 atom stereocenters. The highest BCUT2D eigenvalue weighted by molar-refractivity contribution is 8.00. The van der Waals surface area contributed by atoms with Crippen molar-refractivity contribution in [1.82, 2.24) is 0 Å². The van der Waals surface area contributed by atoms with Gasteiger partial charge in [-0.3, -0.25) is 0 Å². The fraction of sp³-hybridized carbons (Fsp3) is 0.600. The van der Waals surface area contributed by atoms with Gasteiger partial charge in [-0.15, -0.1) is 0 Å². The molecule has 2 N–H and O–H groups in total. The van der Waals surface area contributed by atoms with Crippen LogP contribution >= 0.6 is 11.8 Å². The third-order valence-electron chi connectivity index (χ3n) is 4.14. The molecular weight excluding hydrogens is 258 g/mol. The van der Waals surface area contributed by atoms with Crippen LogP contribution in [0.2, 0.25) is 0 Å². The zero-order valence-electron chi connectivity index (χ0n) is 11.4. The van der Waals surface area contributed by atoms with Gasteiger partial charge in [0.25, 0.3) is 0 Å². The minimum atomic E-state index is -0.169. The summed E-state index contributed by atoms with van der Waals surface area (Å²) in [6.07, 6.45) is 4.90. The lowest BCUT2D eigenvalue weighted by atomic mass is 9.89. The summed E-state index contributed by atoms with van der Waals surface area (Å²) in [5.74, 6) is 3.81. The van der Waals surface area contributed by atoms with E-state index in [1.165, 1.54) is 18.4 Å². The lowest BCUT2D eigenvalue weighted by Gasteiger charge is -2.28. The minimum Gasteiger partial charge on any atom is -0.493 e. The number of hydrogen-bond acceptors (Lipinski definition) is 4. The standard InChI is InChI=1S/C15H21NO2S/c1-17-14-8-11(15(16)6-2-3-7-15)4-5-13(14)18-12-9-19-10-12/h4-5,8,12H,2-3,6-7,9-10,16H2,1H3. The normalized spacial score (nSPS) is 22.0. The van der Waals surface area contributed by atoms with Gasteiger partial charge < -0.3 is 15.2 Å². The van der Waals surface area contributed by atoms with Crippen molar-refractivity contribution in [2.75, 3.05) is 18.6 Å². The maximum atomic E-state index is 6.49. The molecule has 19 heavy (non-hydrogen) atoms. The van der Waals surface area contributed by atoms with Gasteiger partial charge in [0.15, 0.2) is 11.5 Å². The monoisotopic (exact) mass is 279 g/mol. The number of nitrogens with two attached hydrogens (primary N) is 1. The van der Waals surface area contributed by atoms with E-state index < -0.39 is 0 Å². The molecule has 0 spiro atoms. The van der Waals surface area contributed by atoms with E-state index in [0.717, 1.165) is 35.8 Å². The van der Waals surface area contributed by atoms with Crippen molar-refractivity contribution in [1.29, 1.82) is 0 Å². The molecule has 1 aromatic rings. The van der Waals surface area contributed by atoms with E-state index >= 15 is 0 Å². The molecular formula is C15H21NO2S. The van der Waals surface area contributed by atoms with E-state index in [9.17, 15) is 0 Å². The minimum absolute atomic E-state index is 0.169. The Labute approximate surface area is 118 Å². The summed E-state index contributed by atoms with van der Waals surface area (Å²) in [5.41, 5.74) is 7.50. The van der Waals surface area contributed by atoms with Crippen LogP contribution in [0.1, 0.15) is 31.2 Å². The van der Waals surface area contributed by atoms with Crippen LogP contribution in [-0.2, 0) is 5.54 Å². The average molecular weight is 279 g/mol. The number of rotatable bonds is 4. The van der Waals surface area contributed by atoms with Gasteiger partial charge in [0.2, 0.25) is 0 Å². The molecule has 1 aromatic carbocycles. The molecule has 0 bridgehead atoms. The largest absolute Gasteiger partial charge is 0.493 e. The fourth-order valence-electron chi connectivity index (χ4n) is 2.83. The molecule has 1 saturated carbocycles. The van der Waals surface area contributed by atoms with Crippen LogP contribution in [0.15, 0.2) is 18.2 Å². The first-order chi connectivity index (χ1) is 9.21. The van der Waals surface area contributed by atoms with E-state index in [0.29, 0.717) is 6.10 Å². The molecule has 4 heteroatoms. The predicted octanol–water partition coefficient (Wildman–Crippen LogP) is 2.92. The Hall–Kier alpha value is -0.870. The van der Waals surface area contributed by atoms with Crippen molar-refractivity contribution >= 4 is 11.8 Å². The summed E-state index contributed by atoms with van der Waals surface area (Å²) in [6, 6.07) is 6.19. The molecule has 0 amide bonds. The molecule has 2 fully saturated rings. The zero-order chi connectivity index (χ0) is 13.3. The average Bonchev–Trinajstić information content (AvgIpc) is 2.82. The highest BCUT2D eigenvalue weighted by Crippen LogP contribution is 2.40. The molecule has 0 radical (unpaired) electrons. The molecule has 104 valence electrons. The number of methoxy groups -OCH3 is 1. The van der Waals surface area contributed by atoms with Crippen LogP contribution in [0.25, 0.3) is 0 Å². The smallest absolute Gasteiger partial charge is 0.161 e. The summed E-state index contributed by atoms with van der Waals surface area (Å²) in [6.45, 7) is 0. The molecule has 3 rings (SSSR count). The first-order valence-electron chi connectivity index (χ1n) is 6.93. The molecule has 1 heterocycles. The van der Waals surface area contributed by atoms with Crippen LogP contribution in [0.3, 0.4) is 0 Å². The van der Waals surface area contributed by atoms with Crippen LogP contribution < -0.4 is 15.2 Å². The molecule has 1 aliphatic carbocycles. The maximum absolute atomic E-state index is 6.49. The van der Waals surface area contributed by atoms with Crippen LogP contribution in [-0.4, -0.2) is 24.7 Å². The maximum Gasteiger partial charge on any atom is 0.161 e. The van der Waals surface area contributed by atoms with E-state index in [2.05, 4.69) is 12.1 Å². The molecule has 1 saturated heterocycles. The summed E-state index contributed by atoms with van der Waals surface area (Å²) >= 11 is 1.91. The van der Waals surface area contributed by atoms with Crippen LogP contribution in [0.5, 0.6) is 11.5 Å². The highest BCUT2D eigenvalue weighted by Gasteiger charge is 2.32. The van der Waals surface area contributed by atoms with Crippen molar-refractivity contribution < 1.29 is 9.47 Å². The number of hydrogen-bond donors (Lipinski definition) is 1. The van der Waals surface area contributed by atoms with Crippen molar-refractivity contribution in [3.63, 3.8) is 0 Å². The lowest BCUT2D eigenvalue weighted by Crippen LogP contribution is -2.33. The third-order valence-corrected chi connectivity index (χ3v) is 5.35. The van der Waals surface area contributed by atoms with Gasteiger partial charge in [-0.2, -0.15) is 11.8 Å². The summed E-state index contributed by atoms with van der Waals surface area (Å²) < 4.78 is 11.4. The van der Waals surface area contributed by atoms with Gasteiger partial charge in [0.05, 0.1) is 7.11 Å². The number of benzene rings is 1. The summed E-state index contributed by atoms with van der Waals surface area (Å²) in [7, 11) is 1.69. The lowest BCUT2D eigenvalue weighted by molar-refractivity contribution is 0.228. The Morgan fingerprint density at radius 2 is 1.95 bits per heavy atom. The molecule has 3 nitrogen and oxygen atoms in total. The van der Waals surface area contributed by atoms with Gasteiger partial charge in [-0.05, 0) is 30.5 Å². The van der Waals surface area contributed by atoms with E-state index in [-0.39, 0.29) is 5.54 Å². The van der Waals surface area contributed by atoms with Gasteiger partial charge >= 0.3 is 0 Å². The topological polar surface area (TPSA) is 44.5 Å². The van der Waals surface area contributed by atoms with Gasteiger partial charge in [-0.25, -0.2) is 0 Å². The Kier molecular flexibility index (Phi) is 3.63. The van der Waals surface area contributed by atoms with Crippen molar-refractivity contribution in [3.8, 4) is 11.5 Å². The SMILES string of the molecule is COc1cc(C2(N)CCCC2)ccc1OC1CSC1. The highest BCUT2D eigenvalue weighted by atomic mass is 32.2. The Bertz CT molecular complexity index is 453. The van der Waals surface area contributed by atoms with Crippen molar-refractivity contribution in [2.45, 2.75) is 37.3 Å². The first kappa shape index (κ1) is 13.1. The predicted molar refractivity (Wildman–Crippen MR) is 79.1 cm³/mol. The van der Waals surface area contributed by atoms with Crippen molar-refractivity contribution in [2.24, 2.45) is 5.73 Å². The second-order valence-corrected chi connectivity index (χ2v) is 6.58. The van der Waals surface area contributed by atoms with Gasteiger partial charge in [0, 0.05) is 17.0 Å². The quantitative estimate of drug-likeness (QED) is 0.920. The Morgan fingerprint density at radius 3 is 2.53 bits per heavy atom. The molecule has 2 aliphatic rings. The van der Waals surface area contributed by atoms with E-state index in [4.69, 9.17) is 15.2 Å². The zero-order valence-corrected chi connectivity index (χ0v) is 12.2. The molecule has 0 unspecified atom stereocenters. The summed E-state index contributed by atoms with van der Waals surface area (Å²) in [4.78, 5) is 0. The Morgan fingerprint density at radius 1 is 1.21 bits per heavy atom. The van der Waals surface area contributed by atoms with Crippen LogP contribution in [0.4, 0.5) is 0 Å². The van der Waals surface area contributed by atoms with E-state index in [1.807, 2.05) is 17.8 Å². The second-order valence-electron chi connectivity index (χ2n) is 5.51. The fourth-order valence-corrected chi connectivity index (χ4v) is 3.40. The van der Waals surface area contributed by atoms with Crippen LogP contribution in [0, 0.1) is 0 Å². The Balaban J connectivity index is 1.83. The van der Waals surface area contributed by atoms with Gasteiger partial charge in [0.1, 0.15) is 6.10 Å². The third kappa shape index (κ3) is 2.56. The molecule has 0 aromatic heterocycles. The second kappa shape index (κ2) is 5.25. The van der Waals surface area contributed by atoms with Crippen molar-refractivity contribution in [3.05, 3.63) is 23.8 Å². The first-order valence-corrected chi connectivity index (χ1v) is 8.08. The van der Waals surface area contributed by atoms with Gasteiger partial charge in [-0.1, -0.05) is 18.9 Å².